The molecule has 2 aromatic rings. The SMILES string of the molecule is CCOC(=O)C(=O)Nc1nn(C(=O)c2ccccc2)cc1C(=O)OCC. The average molecular weight is 359 g/mol. The van der Waals surface area contributed by atoms with Gasteiger partial charge in [-0.05, 0) is 26.0 Å². The lowest BCUT2D eigenvalue weighted by Gasteiger charge is -2.04. The van der Waals surface area contributed by atoms with Crippen molar-refractivity contribution >= 4 is 29.6 Å². The molecule has 0 saturated heterocycles. The molecule has 26 heavy (non-hydrogen) atoms. The number of aromatic nitrogens is 2. The standard InChI is InChI=1S/C17H17N3O6/c1-3-25-16(23)12-10-20(15(22)11-8-6-5-7-9-11)19-13(12)18-14(21)17(24)26-4-2/h5-10H,3-4H2,1-2H3,(H,18,19,21). The molecule has 0 bridgehead atoms. The zero-order chi connectivity index (χ0) is 19.1. The highest BCUT2D eigenvalue weighted by Crippen LogP contribution is 2.16. The molecule has 0 spiro atoms. The predicted octanol–water partition coefficient (Wildman–Crippen LogP) is 1.25. The normalized spacial score (nSPS) is 10.1. The Labute approximate surface area is 148 Å². The Morgan fingerprint density at radius 3 is 2.31 bits per heavy atom. The van der Waals surface area contributed by atoms with Crippen LogP contribution >= 0.6 is 0 Å². The Kier molecular flexibility index (Phi) is 6.20. The van der Waals surface area contributed by atoms with Gasteiger partial charge in [0.05, 0.1) is 19.4 Å². The van der Waals surface area contributed by atoms with Gasteiger partial charge in [-0.15, -0.1) is 5.10 Å². The topological polar surface area (TPSA) is 117 Å². The summed E-state index contributed by atoms with van der Waals surface area (Å²) in [5, 5.41) is 6.06. The number of nitrogens with zero attached hydrogens (tertiary/aromatic N) is 2. The van der Waals surface area contributed by atoms with Crippen LogP contribution in [0.15, 0.2) is 36.5 Å². The molecule has 1 aromatic carbocycles. The maximum Gasteiger partial charge on any atom is 0.397 e. The number of anilines is 1. The third-order valence-electron chi connectivity index (χ3n) is 3.13. The first-order chi connectivity index (χ1) is 12.5. The number of hydrogen-bond donors (Lipinski definition) is 1. The summed E-state index contributed by atoms with van der Waals surface area (Å²) in [6, 6.07) is 8.24. The molecule has 2 rings (SSSR count). The van der Waals surface area contributed by atoms with E-state index in [1.54, 1.807) is 44.2 Å². The summed E-state index contributed by atoms with van der Waals surface area (Å²) in [5.41, 5.74) is 0.169. The van der Waals surface area contributed by atoms with Crippen molar-refractivity contribution in [3.05, 3.63) is 47.7 Å². The Morgan fingerprint density at radius 2 is 1.69 bits per heavy atom. The third kappa shape index (κ3) is 4.32. The first-order valence-electron chi connectivity index (χ1n) is 7.82. The van der Waals surface area contributed by atoms with E-state index in [0.717, 1.165) is 10.9 Å². The monoisotopic (exact) mass is 359 g/mol. The highest BCUT2D eigenvalue weighted by molar-refractivity contribution is 6.37. The van der Waals surface area contributed by atoms with Crippen molar-refractivity contribution < 1.29 is 28.7 Å². The summed E-state index contributed by atoms with van der Waals surface area (Å²) < 4.78 is 10.4. The molecule has 0 aliphatic rings. The molecule has 1 N–H and O–H groups in total. The van der Waals surface area contributed by atoms with Crippen molar-refractivity contribution in [2.24, 2.45) is 0 Å². The number of ether oxygens (including phenoxy) is 2. The highest BCUT2D eigenvalue weighted by atomic mass is 16.5. The van der Waals surface area contributed by atoms with Gasteiger partial charge in [0.2, 0.25) is 0 Å². The first-order valence-corrected chi connectivity index (χ1v) is 7.82. The maximum absolute atomic E-state index is 12.5. The fourth-order valence-corrected chi connectivity index (χ4v) is 2.00. The van der Waals surface area contributed by atoms with Gasteiger partial charge < -0.3 is 9.47 Å². The van der Waals surface area contributed by atoms with E-state index in [2.05, 4.69) is 15.2 Å². The Hall–Kier alpha value is -3.49. The molecule has 0 aliphatic heterocycles. The Bertz CT molecular complexity index is 828. The van der Waals surface area contributed by atoms with E-state index >= 15 is 0 Å². The van der Waals surface area contributed by atoms with Crippen LogP contribution in [0.5, 0.6) is 0 Å². The fourth-order valence-electron chi connectivity index (χ4n) is 2.00. The van der Waals surface area contributed by atoms with E-state index < -0.39 is 23.8 Å². The van der Waals surface area contributed by atoms with Gasteiger partial charge in [-0.2, -0.15) is 0 Å². The largest absolute Gasteiger partial charge is 0.462 e. The van der Waals surface area contributed by atoms with E-state index in [4.69, 9.17) is 4.74 Å². The summed E-state index contributed by atoms with van der Waals surface area (Å²) in [6.45, 7) is 3.25. The molecule has 136 valence electrons. The smallest absolute Gasteiger partial charge is 0.397 e. The van der Waals surface area contributed by atoms with Crippen molar-refractivity contribution in [2.75, 3.05) is 18.5 Å². The van der Waals surface area contributed by atoms with Crippen LogP contribution in [0, 0.1) is 0 Å². The number of rotatable bonds is 5. The van der Waals surface area contributed by atoms with Crippen LogP contribution in [0.3, 0.4) is 0 Å². The lowest BCUT2D eigenvalue weighted by molar-refractivity contribution is -0.152. The summed E-state index contributed by atoms with van der Waals surface area (Å²) >= 11 is 0. The number of nitrogens with one attached hydrogen (secondary N) is 1. The molecule has 0 unspecified atom stereocenters. The lowest BCUT2D eigenvalue weighted by Crippen LogP contribution is -2.26. The maximum atomic E-state index is 12.5. The quantitative estimate of drug-likeness (QED) is 0.631. The zero-order valence-corrected chi connectivity index (χ0v) is 14.2. The molecular formula is C17H17N3O6. The molecule has 1 amide bonds. The Morgan fingerprint density at radius 1 is 1.04 bits per heavy atom. The van der Waals surface area contributed by atoms with Crippen LogP contribution < -0.4 is 5.32 Å². The number of benzene rings is 1. The number of amides is 1. The van der Waals surface area contributed by atoms with Crippen LogP contribution in [0.25, 0.3) is 0 Å². The zero-order valence-electron chi connectivity index (χ0n) is 14.2. The van der Waals surface area contributed by atoms with Crippen LogP contribution in [-0.2, 0) is 19.1 Å². The molecule has 9 nitrogen and oxygen atoms in total. The van der Waals surface area contributed by atoms with Gasteiger partial charge in [-0.3, -0.25) is 14.9 Å². The molecule has 0 fully saturated rings. The molecule has 1 aromatic heterocycles. The van der Waals surface area contributed by atoms with Gasteiger partial charge in [0.1, 0.15) is 5.56 Å². The van der Waals surface area contributed by atoms with Crippen molar-refractivity contribution in [2.45, 2.75) is 13.8 Å². The number of carbonyl (C=O) groups excluding carboxylic acids is 4. The lowest BCUT2D eigenvalue weighted by atomic mass is 10.2. The molecule has 0 saturated carbocycles. The van der Waals surface area contributed by atoms with Gasteiger partial charge in [0.25, 0.3) is 5.91 Å². The number of esters is 2. The molecule has 9 heteroatoms. The second-order valence-corrected chi connectivity index (χ2v) is 4.90. The summed E-state index contributed by atoms with van der Waals surface area (Å²) in [7, 11) is 0. The first kappa shape index (κ1) is 18.8. The molecule has 0 aliphatic carbocycles. The van der Waals surface area contributed by atoms with Gasteiger partial charge in [-0.25, -0.2) is 14.3 Å². The second-order valence-electron chi connectivity index (χ2n) is 4.90. The second kappa shape index (κ2) is 8.56. The minimum atomic E-state index is -1.13. The van der Waals surface area contributed by atoms with Gasteiger partial charge >= 0.3 is 17.8 Å². The van der Waals surface area contributed by atoms with Crippen molar-refractivity contribution in [1.29, 1.82) is 0 Å². The van der Waals surface area contributed by atoms with Gasteiger partial charge in [0.15, 0.2) is 5.82 Å². The van der Waals surface area contributed by atoms with E-state index in [1.807, 2.05) is 0 Å². The van der Waals surface area contributed by atoms with Crippen LogP contribution in [0.4, 0.5) is 5.82 Å². The minimum Gasteiger partial charge on any atom is -0.462 e. The fraction of sp³-hybridized carbons (Fsp3) is 0.235. The minimum absolute atomic E-state index is 0.0118. The molecule has 0 radical (unpaired) electrons. The van der Waals surface area contributed by atoms with E-state index in [0.29, 0.717) is 5.56 Å². The third-order valence-corrected chi connectivity index (χ3v) is 3.13. The van der Waals surface area contributed by atoms with E-state index in [9.17, 15) is 19.2 Å². The Balaban J connectivity index is 2.35. The van der Waals surface area contributed by atoms with Crippen molar-refractivity contribution in [1.82, 2.24) is 9.78 Å². The van der Waals surface area contributed by atoms with Crippen LogP contribution in [0.1, 0.15) is 34.6 Å². The summed E-state index contributed by atoms with van der Waals surface area (Å²) in [6.07, 6.45) is 1.13. The molecule has 0 atom stereocenters. The number of carbonyl (C=O) groups is 4. The van der Waals surface area contributed by atoms with Crippen LogP contribution in [-0.4, -0.2) is 46.7 Å². The van der Waals surface area contributed by atoms with Gasteiger partial charge in [-0.1, -0.05) is 18.2 Å². The highest BCUT2D eigenvalue weighted by Gasteiger charge is 2.25. The van der Waals surface area contributed by atoms with Gasteiger partial charge in [0, 0.05) is 5.56 Å². The molecule has 1 heterocycles. The van der Waals surface area contributed by atoms with E-state index in [-0.39, 0.29) is 24.6 Å². The molecular weight excluding hydrogens is 342 g/mol. The van der Waals surface area contributed by atoms with Crippen LogP contribution in [0.2, 0.25) is 0 Å². The number of hydrogen-bond acceptors (Lipinski definition) is 7. The summed E-state index contributed by atoms with van der Waals surface area (Å²) in [5.74, 6) is -3.83. The van der Waals surface area contributed by atoms with Crippen molar-refractivity contribution in [3.63, 3.8) is 0 Å². The summed E-state index contributed by atoms with van der Waals surface area (Å²) in [4.78, 5) is 47.8. The van der Waals surface area contributed by atoms with E-state index in [1.165, 1.54) is 0 Å². The van der Waals surface area contributed by atoms with Crippen molar-refractivity contribution in [3.8, 4) is 0 Å². The predicted molar refractivity (Wildman–Crippen MR) is 89.6 cm³/mol. The average Bonchev–Trinajstić information content (AvgIpc) is 3.06.